The Balaban J connectivity index is 3.04. The Hall–Kier alpha value is 0.134. The van der Waals surface area contributed by atoms with E-state index in [1.165, 1.54) is 20.5 Å². The average Bonchev–Trinajstić information content (AvgIpc) is 1.87. The SMILES string of the molecule is [SiH3]c1ccc([SiH3])s1. The zero-order valence-electron chi connectivity index (χ0n) is 4.56. The van der Waals surface area contributed by atoms with Crippen molar-refractivity contribution >= 4 is 40.8 Å². The van der Waals surface area contributed by atoms with Gasteiger partial charge in [-0.1, -0.05) is 12.1 Å². The summed E-state index contributed by atoms with van der Waals surface area (Å²) in [6.07, 6.45) is 0. The lowest BCUT2D eigenvalue weighted by Crippen LogP contribution is -1.94. The zero-order chi connectivity index (χ0) is 5.28. The van der Waals surface area contributed by atoms with Crippen LogP contribution in [0.2, 0.25) is 0 Å². The Kier molecular flexibility index (Phi) is 1.46. The molecule has 1 aromatic heterocycles. The molecule has 0 aliphatic rings. The second-order valence-corrected chi connectivity index (χ2v) is 6.75. The van der Waals surface area contributed by atoms with E-state index in [0.29, 0.717) is 0 Å². The van der Waals surface area contributed by atoms with E-state index < -0.39 is 0 Å². The Morgan fingerprint density at radius 2 is 1.57 bits per heavy atom. The van der Waals surface area contributed by atoms with Gasteiger partial charge in [-0.2, -0.15) is 11.3 Å². The molecule has 1 rings (SSSR count). The highest BCUT2D eigenvalue weighted by Gasteiger charge is 1.84. The molecule has 0 radical (unpaired) electrons. The molecule has 0 saturated carbocycles. The molecule has 0 aliphatic carbocycles. The third-order valence-corrected chi connectivity index (χ3v) is 3.68. The maximum Gasteiger partial charge on any atom is 0.0513 e. The van der Waals surface area contributed by atoms with Crippen LogP contribution in [0, 0.1) is 0 Å². The van der Waals surface area contributed by atoms with E-state index in [9.17, 15) is 0 Å². The van der Waals surface area contributed by atoms with Crippen LogP contribution >= 0.6 is 11.3 Å². The fourth-order valence-corrected chi connectivity index (χ4v) is 4.83. The Morgan fingerprint density at radius 1 is 1.14 bits per heavy atom. The largest absolute Gasteiger partial charge is 0.157 e. The van der Waals surface area contributed by atoms with Crippen molar-refractivity contribution in [1.29, 1.82) is 0 Å². The number of rotatable bonds is 0. The summed E-state index contributed by atoms with van der Waals surface area (Å²) >= 11 is 1.97. The first-order valence-corrected chi connectivity index (χ1v) is 5.14. The number of hydrogen-bond acceptors (Lipinski definition) is 1. The van der Waals surface area contributed by atoms with E-state index in [2.05, 4.69) is 12.1 Å². The molecule has 0 unspecified atom stereocenters. The van der Waals surface area contributed by atoms with Gasteiger partial charge in [0, 0.05) is 0 Å². The monoisotopic (exact) mass is 144 g/mol. The molecule has 0 fully saturated rings. The van der Waals surface area contributed by atoms with E-state index in [0.717, 1.165) is 0 Å². The van der Waals surface area contributed by atoms with Gasteiger partial charge in [-0.05, 0) is 9.00 Å². The van der Waals surface area contributed by atoms with E-state index in [1.54, 1.807) is 9.00 Å². The van der Waals surface area contributed by atoms with Crippen molar-refractivity contribution in [2.24, 2.45) is 0 Å². The first-order valence-electron chi connectivity index (χ1n) is 2.32. The summed E-state index contributed by atoms with van der Waals surface area (Å²) in [5, 5.41) is 0. The van der Waals surface area contributed by atoms with Crippen LogP contribution in [0.5, 0.6) is 0 Å². The van der Waals surface area contributed by atoms with Crippen LogP contribution in [0.25, 0.3) is 0 Å². The van der Waals surface area contributed by atoms with Crippen LogP contribution in [0.15, 0.2) is 12.1 Å². The lowest BCUT2D eigenvalue weighted by molar-refractivity contribution is 2.13. The van der Waals surface area contributed by atoms with Gasteiger partial charge in [0.2, 0.25) is 0 Å². The standard InChI is InChI=1S/C4H8SSi2/c6-3-1-2-4(7)5-3/h1-2H,6-7H3. The van der Waals surface area contributed by atoms with E-state index in [1.807, 2.05) is 11.3 Å². The highest BCUT2D eigenvalue weighted by molar-refractivity contribution is 7.26. The van der Waals surface area contributed by atoms with Gasteiger partial charge in [-0.25, -0.2) is 0 Å². The van der Waals surface area contributed by atoms with Crippen LogP contribution in [-0.4, -0.2) is 20.5 Å². The fraction of sp³-hybridized carbons (Fsp3) is 0. The second-order valence-electron chi connectivity index (χ2n) is 1.66. The van der Waals surface area contributed by atoms with Crippen LogP contribution in [0.4, 0.5) is 0 Å². The van der Waals surface area contributed by atoms with Crippen molar-refractivity contribution < 1.29 is 0 Å². The van der Waals surface area contributed by atoms with Crippen molar-refractivity contribution in [3.8, 4) is 0 Å². The predicted molar refractivity (Wildman–Crippen MR) is 43.5 cm³/mol. The highest BCUT2D eigenvalue weighted by atomic mass is 32.1. The first-order chi connectivity index (χ1) is 3.29. The van der Waals surface area contributed by atoms with Crippen molar-refractivity contribution in [2.75, 3.05) is 0 Å². The smallest absolute Gasteiger partial charge is 0.0513 e. The lowest BCUT2D eigenvalue weighted by Gasteiger charge is -1.71. The van der Waals surface area contributed by atoms with Gasteiger partial charge >= 0.3 is 0 Å². The third-order valence-electron chi connectivity index (χ3n) is 0.875. The van der Waals surface area contributed by atoms with Crippen LogP contribution < -0.4 is 9.00 Å². The number of hydrogen-bond donors (Lipinski definition) is 0. The molecule has 0 atom stereocenters. The van der Waals surface area contributed by atoms with E-state index >= 15 is 0 Å². The summed E-state index contributed by atoms with van der Waals surface area (Å²) in [6, 6.07) is 4.47. The minimum Gasteiger partial charge on any atom is -0.157 e. The molecule has 0 saturated heterocycles. The molecule has 38 valence electrons. The van der Waals surface area contributed by atoms with E-state index in [4.69, 9.17) is 0 Å². The van der Waals surface area contributed by atoms with Crippen molar-refractivity contribution in [3.05, 3.63) is 12.1 Å². The van der Waals surface area contributed by atoms with Gasteiger partial charge in [0.25, 0.3) is 0 Å². The minimum absolute atomic E-state index is 1.24. The lowest BCUT2D eigenvalue weighted by atomic mass is 10.7. The Labute approximate surface area is 53.4 Å². The summed E-state index contributed by atoms with van der Waals surface area (Å²) < 4.78 is 3.15. The maximum absolute atomic E-state index is 2.24. The molecule has 0 N–H and O–H groups in total. The molecule has 0 bridgehead atoms. The Morgan fingerprint density at radius 3 is 1.71 bits per heavy atom. The van der Waals surface area contributed by atoms with E-state index in [-0.39, 0.29) is 0 Å². The van der Waals surface area contributed by atoms with Crippen molar-refractivity contribution in [1.82, 2.24) is 0 Å². The molecule has 0 aliphatic heterocycles. The van der Waals surface area contributed by atoms with Gasteiger partial charge in [-0.15, -0.1) is 0 Å². The molecule has 3 heteroatoms. The molecule has 1 aromatic rings. The molecular formula is C4H8SSi2. The van der Waals surface area contributed by atoms with Gasteiger partial charge < -0.3 is 0 Å². The highest BCUT2D eigenvalue weighted by Crippen LogP contribution is 1.82. The van der Waals surface area contributed by atoms with Gasteiger partial charge in [0.1, 0.15) is 0 Å². The Bertz CT molecular complexity index is 142. The molecule has 0 spiro atoms. The molecule has 0 nitrogen and oxygen atoms in total. The topological polar surface area (TPSA) is 0 Å². The minimum atomic E-state index is 1.24. The normalized spacial score (nSPS) is 10.3. The summed E-state index contributed by atoms with van der Waals surface area (Å²) in [4.78, 5) is 0. The summed E-state index contributed by atoms with van der Waals surface area (Å²) in [6.45, 7) is 0. The van der Waals surface area contributed by atoms with Gasteiger partial charge in [0.15, 0.2) is 0 Å². The third kappa shape index (κ3) is 1.26. The molecular weight excluding hydrogens is 136 g/mol. The molecule has 7 heavy (non-hydrogen) atoms. The zero-order valence-corrected chi connectivity index (χ0v) is 9.38. The van der Waals surface area contributed by atoms with Crippen LogP contribution in [0.1, 0.15) is 0 Å². The maximum atomic E-state index is 2.24. The fourth-order valence-electron chi connectivity index (χ4n) is 0.557. The van der Waals surface area contributed by atoms with Crippen LogP contribution in [0.3, 0.4) is 0 Å². The second kappa shape index (κ2) is 1.94. The average molecular weight is 144 g/mol. The number of thiophene rings is 1. The predicted octanol–water partition coefficient (Wildman–Crippen LogP) is -2.27. The van der Waals surface area contributed by atoms with Crippen molar-refractivity contribution in [3.63, 3.8) is 0 Å². The first kappa shape index (κ1) is 5.27. The summed E-state index contributed by atoms with van der Waals surface area (Å²) in [5.74, 6) is 0. The van der Waals surface area contributed by atoms with Gasteiger partial charge in [-0.3, -0.25) is 0 Å². The summed E-state index contributed by atoms with van der Waals surface area (Å²) in [7, 11) is 2.47. The van der Waals surface area contributed by atoms with Crippen LogP contribution in [-0.2, 0) is 0 Å². The van der Waals surface area contributed by atoms with Crippen molar-refractivity contribution in [2.45, 2.75) is 0 Å². The van der Waals surface area contributed by atoms with Gasteiger partial charge in [0.05, 0.1) is 20.5 Å². The molecule has 0 aromatic carbocycles. The summed E-state index contributed by atoms with van der Waals surface area (Å²) in [5.41, 5.74) is 0. The molecule has 0 amide bonds. The quantitative estimate of drug-likeness (QED) is 0.360. The molecule has 1 heterocycles.